The molecule has 0 N–H and O–H groups in total. The summed E-state index contributed by atoms with van der Waals surface area (Å²) < 4.78 is 2.61. The van der Waals surface area contributed by atoms with Gasteiger partial charge in [0.2, 0.25) is 0 Å². The van der Waals surface area contributed by atoms with Crippen LogP contribution in [-0.2, 0) is 5.41 Å². The first-order chi connectivity index (χ1) is 29.6. The Balaban J connectivity index is 1.23. The van der Waals surface area contributed by atoms with E-state index in [1.54, 1.807) is 0 Å². The van der Waals surface area contributed by atoms with Crippen molar-refractivity contribution in [3.8, 4) is 22.3 Å². The molecule has 1 spiro atoms. The molecule has 284 valence electrons. The van der Waals surface area contributed by atoms with E-state index in [4.69, 9.17) is 0 Å². The van der Waals surface area contributed by atoms with Crippen LogP contribution in [0, 0.1) is 13.8 Å². The van der Waals surface area contributed by atoms with Gasteiger partial charge in [0.25, 0.3) is 0 Å². The minimum atomic E-state index is -0.571. The summed E-state index contributed by atoms with van der Waals surface area (Å²) in [5.74, 6) is 0. The van der Waals surface area contributed by atoms with E-state index in [-0.39, 0.29) is 0 Å². The first-order valence-electron chi connectivity index (χ1n) is 20.8. The predicted octanol–water partition coefficient (Wildman–Crippen LogP) is 16.0. The van der Waals surface area contributed by atoms with E-state index >= 15 is 0 Å². The molecule has 0 aliphatic heterocycles. The normalized spacial score (nSPS) is 13.0. The monoisotopic (exact) mass is 784 g/mol. The number of para-hydroxylation sites is 2. The van der Waals surface area contributed by atoms with Crippen LogP contribution in [0.3, 0.4) is 0 Å². The maximum Gasteiger partial charge on any atom is 0.0727 e. The molecule has 0 unspecified atom stereocenters. The van der Waals surface area contributed by atoms with Gasteiger partial charge in [0, 0.05) is 54.2 Å². The first kappa shape index (κ1) is 34.8. The number of benzene rings is 9. The molecule has 0 saturated heterocycles. The van der Waals surface area contributed by atoms with Gasteiger partial charge in [-0.25, -0.2) is 0 Å². The van der Waals surface area contributed by atoms with Gasteiger partial charge in [-0.15, -0.1) is 11.3 Å². The second-order valence-electron chi connectivity index (χ2n) is 16.2. The van der Waals surface area contributed by atoms with Gasteiger partial charge in [-0.2, -0.15) is 0 Å². The highest BCUT2D eigenvalue weighted by molar-refractivity contribution is 7.26. The van der Waals surface area contributed by atoms with Gasteiger partial charge in [0.1, 0.15) is 0 Å². The molecule has 10 aromatic rings. The van der Waals surface area contributed by atoms with E-state index in [1.807, 2.05) is 11.3 Å². The topological polar surface area (TPSA) is 6.48 Å². The Morgan fingerprint density at radius 3 is 1.52 bits per heavy atom. The number of hydrogen-bond donors (Lipinski definition) is 0. The van der Waals surface area contributed by atoms with E-state index < -0.39 is 5.41 Å². The summed E-state index contributed by atoms with van der Waals surface area (Å²) in [7, 11) is 0. The lowest BCUT2D eigenvalue weighted by atomic mass is 9.70. The standard InChI is InChI=1S/C57H40N2S/c1-37-25-29-41(30-26-37)58(39-15-5-3-6-16-39)43-33-34-46-50(35-43)57(48-22-12-9-19-44(48)45-20-10-13-23-49(45)57)51-36-52(55-47-21-11-14-24-53(47)60-56(55)54(46)51)59(40-17-7-4-8-18-40)42-31-27-38(2)28-32-42/h3-36H,1-2H3. The zero-order chi connectivity index (χ0) is 40.0. The highest BCUT2D eigenvalue weighted by atomic mass is 32.1. The number of anilines is 6. The molecule has 3 heteroatoms. The van der Waals surface area contributed by atoms with Crippen LogP contribution in [0.1, 0.15) is 33.4 Å². The van der Waals surface area contributed by atoms with Crippen molar-refractivity contribution in [2.24, 2.45) is 0 Å². The molecule has 9 aromatic carbocycles. The molecule has 1 heterocycles. The minimum absolute atomic E-state index is 0.571. The lowest BCUT2D eigenvalue weighted by Crippen LogP contribution is -2.26. The van der Waals surface area contributed by atoms with Crippen molar-refractivity contribution in [2.45, 2.75) is 19.3 Å². The maximum absolute atomic E-state index is 2.57. The molecular formula is C57H40N2S. The van der Waals surface area contributed by atoms with Crippen LogP contribution in [0.25, 0.3) is 42.4 Å². The van der Waals surface area contributed by atoms with E-state index in [1.165, 1.54) is 81.5 Å². The largest absolute Gasteiger partial charge is 0.310 e. The molecule has 2 aliphatic carbocycles. The minimum Gasteiger partial charge on any atom is -0.310 e. The van der Waals surface area contributed by atoms with Crippen molar-refractivity contribution in [3.63, 3.8) is 0 Å². The molecule has 0 atom stereocenters. The predicted molar refractivity (Wildman–Crippen MR) is 254 cm³/mol. The maximum atomic E-state index is 2.57. The average Bonchev–Trinajstić information content (AvgIpc) is 3.93. The molecule has 0 saturated carbocycles. The number of aryl methyl sites for hydroxylation is 2. The zero-order valence-electron chi connectivity index (χ0n) is 33.4. The van der Waals surface area contributed by atoms with Crippen LogP contribution in [0.4, 0.5) is 34.1 Å². The Morgan fingerprint density at radius 1 is 0.383 bits per heavy atom. The Morgan fingerprint density at radius 2 is 0.883 bits per heavy atom. The van der Waals surface area contributed by atoms with Gasteiger partial charge in [0.15, 0.2) is 0 Å². The van der Waals surface area contributed by atoms with Crippen LogP contribution in [-0.4, -0.2) is 0 Å². The number of hydrogen-bond acceptors (Lipinski definition) is 3. The average molecular weight is 785 g/mol. The van der Waals surface area contributed by atoms with Gasteiger partial charge in [0.05, 0.1) is 11.1 Å². The Labute approximate surface area is 354 Å². The van der Waals surface area contributed by atoms with Crippen LogP contribution >= 0.6 is 11.3 Å². The van der Waals surface area contributed by atoms with E-state index in [2.05, 4.69) is 230 Å². The summed E-state index contributed by atoms with van der Waals surface area (Å²) in [6.07, 6.45) is 0. The van der Waals surface area contributed by atoms with Gasteiger partial charge < -0.3 is 9.80 Å². The van der Waals surface area contributed by atoms with Gasteiger partial charge in [-0.1, -0.05) is 145 Å². The summed E-state index contributed by atoms with van der Waals surface area (Å²) in [6, 6.07) is 76.8. The van der Waals surface area contributed by atoms with Crippen molar-refractivity contribution in [3.05, 3.63) is 240 Å². The zero-order valence-corrected chi connectivity index (χ0v) is 34.2. The van der Waals surface area contributed by atoms with Crippen LogP contribution in [0.5, 0.6) is 0 Å². The second kappa shape index (κ2) is 13.4. The van der Waals surface area contributed by atoms with Gasteiger partial charge in [-0.3, -0.25) is 0 Å². The van der Waals surface area contributed by atoms with Gasteiger partial charge >= 0.3 is 0 Å². The molecular weight excluding hydrogens is 745 g/mol. The quantitative estimate of drug-likeness (QED) is 0.166. The molecule has 12 rings (SSSR count). The number of nitrogens with zero attached hydrogens (tertiary/aromatic N) is 2. The Hall–Kier alpha value is -7.20. The Bertz CT molecular complexity index is 3230. The smallest absolute Gasteiger partial charge is 0.0727 e. The van der Waals surface area contributed by atoms with Crippen molar-refractivity contribution in [1.29, 1.82) is 0 Å². The SMILES string of the molecule is Cc1ccc(N(c2ccccc2)c2ccc3c(c2)C2(c4ccccc4-c4ccccc42)c2cc(N(c4ccccc4)c4ccc(C)cc4)c4c(sc5ccccc54)c2-3)cc1. The molecule has 0 amide bonds. The number of fused-ring (bicyclic) bond motifs is 14. The van der Waals surface area contributed by atoms with Crippen molar-refractivity contribution < 1.29 is 0 Å². The number of rotatable bonds is 6. The third-order valence-electron chi connectivity index (χ3n) is 12.8. The highest BCUT2D eigenvalue weighted by Gasteiger charge is 2.53. The Kier molecular flexibility index (Phi) is 7.79. The third-order valence-corrected chi connectivity index (χ3v) is 14.0. The van der Waals surface area contributed by atoms with Crippen molar-refractivity contribution in [2.75, 3.05) is 9.80 Å². The first-order valence-corrected chi connectivity index (χ1v) is 21.6. The molecule has 0 fully saturated rings. The summed E-state index contributed by atoms with van der Waals surface area (Å²) in [6.45, 7) is 4.32. The van der Waals surface area contributed by atoms with Crippen molar-refractivity contribution >= 4 is 65.6 Å². The van der Waals surface area contributed by atoms with E-state index in [0.29, 0.717) is 0 Å². The summed E-state index contributed by atoms with van der Waals surface area (Å²) in [4.78, 5) is 4.91. The molecule has 0 bridgehead atoms. The summed E-state index contributed by atoms with van der Waals surface area (Å²) >= 11 is 1.93. The fourth-order valence-corrected chi connectivity index (χ4v) is 11.5. The fourth-order valence-electron chi connectivity index (χ4n) is 10.2. The second-order valence-corrected chi connectivity index (χ2v) is 17.3. The van der Waals surface area contributed by atoms with Gasteiger partial charge in [-0.05, 0) is 126 Å². The highest BCUT2D eigenvalue weighted by Crippen LogP contribution is 2.66. The fraction of sp³-hybridized carbons (Fsp3) is 0.0526. The van der Waals surface area contributed by atoms with E-state index in [9.17, 15) is 0 Å². The molecule has 60 heavy (non-hydrogen) atoms. The number of thiophene rings is 1. The summed E-state index contributed by atoms with van der Waals surface area (Å²) in [5, 5.41) is 2.57. The lowest BCUT2D eigenvalue weighted by molar-refractivity contribution is 0.794. The van der Waals surface area contributed by atoms with E-state index in [0.717, 1.165) is 28.4 Å². The lowest BCUT2D eigenvalue weighted by Gasteiger charge is -2.33. The molecule has 2 aliphatic rings. The third kappa shape index (κ3) is 5.00. The van der Waals surface area contributed by atoms with Crippen LogP contribution in [0.15, 0.2) is 206 Å². The molecule has 0 radical (unpaired) electrons. The molecule has 2 nitrogen and oxygen atoms in total. The van der Waals surface area contributed by atoms with Crippen molar-refractivity contribution in [1.82, 2.24) is 0 Å². The summed E-state index contributed by atoms with van der Waals surface area (Å²) in [5.41, 5.74) is 19.3. The van der Waals surface area contributed by atoms with Crippen LogP contribution in [0.2, 0.25) is 0 Å². The molecule has 1 aromatic heterocycles. The van der Waals surface area contributed by atoms with Crippen LogP contribution < -0.4 is 9.80 Å².